The molecule has 1 aliphatic carbocycles. The molecule has 7 nitrogen and oxygen atoms in total. The van der Waals surface area contributed by atoms with E-state index in [2.05, 4.69) is 0 Å². The molecular weight excluding hydrogens is 386 g/mol. The van der Waals surface area contributed by atoms with E-state index in [0.29, 0.717) is 42.6 Å². The van der Waals surface area contributed by atoms with Crippen LogP contribution in [0.4, 0.5) is 0 Å². The summed E-state index contributed by atoms with van der Waals surface area (Å²) in [4.78, 5) is 15.6. The van der Waals surface area contributed by atoms with E-state index < -0.39 is 0 Å². The van der Waals surface area contributed by atoms with Gasteiger partial charge in [-0.25, -0.2) is 0 Å². The molecule has 3 aliphatic rings. The fourth-order valence-corrected chi connectivity index (χ4v) is 4.38. The third kappa shape index (κ3) is 3.49. The summed E-state index contributed by atoms with van der Waals surface area (Å²) in [7, 11) is 1.57. The van der Waals surface area contributed by atoms with Gasteiger partial charge in [-0.05, 0) is 42.7 Å². The van der Waals surface area contributed by atoms with Crippen molar-refractivity contribution in [3.63, 3.8) is 0 Å². The number of fused-ring (bicyclic) bond motifs is 2. The molecular formula is C23H25NO6. The Morgan fingerprint density at radius 2 is 1.80 bits per heavy atom. The highest BCUT2D eigenvalue weighted by atomic mass is 16.7. The van der Waals surface area contributed by atoms with Gasteiger partial charge < -0.3 is 28.6 Å². The maximum Gasteiger partial charge on any atom is 0.254 e. The maximum absolute atomic E-state index is 13.6. The topological polar surface area (TPSA) is 66.5 Å². The van der Waals surface area contributed by atoms with Gasteiger partial charge in [0.25, 0.3) is 5.91 Å². The van der Waals surface area contributed by atoms with Gasteiger partial charge in [0.1, 0.15) is 13.2 Å². The molecule has 5 rings (SSSR count). The molecule has 0 radical (unpaired) electrons. The smallest absolute Gasteiger partial charge is 0.254 e. The SMILES string of the molecule is COc1cc(C(=O)N(Cc2ccc3c(c2)OCO3)C2CCCC2)cc2c1OCCO2. The standard InChI is InChI=1S/C23H25NO6/c1-26-20-11-16(12-21-22(20)28-9-8-27-21)23(25)24(17-4-2-3-5-17)13-15-6-7-18-19(10-15)30-14-29-18/h6-7,10-12,17H,2-5,8-9,13-14H2,1H3. The molecule has 30 heavy (non-hydrogen) atoms. The number of nitrogens with zero attached hydrogens (tertiary/aromatic N) is 1. The summed E-state index contributed by atoms with van der Waals surface area (Å²) < 4.78 is 27.8. The molecule has 158 valence electrons. The first-order valence-electron chi connectivity index (χ1n) is 10.4. The van der Waals surface area contributed by atoms with E-state index >= 15 is 0 Å². The van der Waals surface area contributed by atoms with Gasteiger partial charge in [-0.15, -0.1) is 0 Å². The zero-order valence-corrected chi connectivity index (χ0v) is 17.0. The Morgan fingerprint density at radius 1 is 1.00 bits per heavy atom. The minimum Gasteiger partial charge on any atom is -0.493 e. The van der Waals surface area contributed by atoms with Crippen LogP contribution < -0.4 is 23.7 Å². The molecule has 0 spiro atoms. The number of ether oxygens (including phenoxy) is 5. The molecule has 1 fully saturated rings. The Balaban J connectivity index is 1.46. The number of hydrogen-bond acceptors (Lipinski definition) is 6. The Morgan fingerprint density at radius 3 is 2.63 bits per heavy atom. The lowest BCUT2D eigenvalue weighted by Gasteiger charge is -2.30. The number of carbonyl (C=O) groups excluding carboxylic acids is 1. The van der Waals surface area contributed by atoms with Crippen LogP contribution in [-0.2, 0) is 6.54 Å². The van der Waals surface area contributed by atoms with Crippen LogP contribution in [0.15, 0.2) is 30.3 Å². The Kier molecular flexibility index (Phi) is 5.02. The van der Waals surface area contributed by atoms with Crippen molar-refractivity contribution in [2.45, 2.75) is 38.3 Å². The quantitative estimate of drug-likeness (QED) is 0.746. The molecule has 0 aromatic heterocycles. The predicted octanol–water partition coefficient (Wildman–Crippen LogP) is 3.78. The lowest BCUT2D eigenvalue weighted by atomic mass is 10.1. The number of methoxy groups -OCH3 is 1. The van der Waals surface area contributed by atoms with E-state index in [9.17, 15) is 4.79 Å². The summed E-state index contributed by atoms with van der Waals surface area (Å²) in [6.45, 7) is 1.67. The molecule has 1 amide bonds. The fourth-order valence-electron chi connectivity index (χ4n) is 4.38. The van der Waals surface area contributed by atoms with Crippen molar-refractivity contribution >= 4 is 5.91 Å². The second kappa shape index (κ2) is 7.97. The lowest BCUT2D eigenvalue weighted by Crippen LogP contribution is -2.38. The summed E-state index contributed by atoms with van der Waals surface area (Å²) in [5.41, 5.74) is 1.56. The number of benzene rings is 2. The summed E-state index contributed by atoms with van der Waals surface area (Å²) in [6.07, 6.45) is 4.30. The largest absolute Gasteiger partial charge is 0.493 e. The van der Waals surface area contributed by atoms with Crippen molar-refractivity contribution in [3.05, 3.63) is 41.5 Å². The van der Waals surface area contributed by atoms with E-state index in [1.165, 1.54) is 0 Å². The highest BCUT2D eigenvalue weighted by molar-refractivity contribution is 5.96. The molecule has 0 N–H and O–H groups in total. The van der Waals surface area contributed by atoms with Crippen molar-refractivity contribution in [1.82, 2.24) is 4.90 Å². The van der Waals surface area contributed by atoms with Gasteiger partial charge in [-0.1, -0.05) is 18.9 Å². The monoisotopic (exact) mass is 411 g/mol. The van der Waals surface area contributed by atoms with Gasteiger partial charge in [-0.2, -0.15) is 0 Å². The molecule has 1 saturated carbocycles. The summed E-state index contributed by atoms with van der Waals surface area (Å²) in [5.74, 6) is 3.07. The van der Waals surface area contributed by atoms with Crippen LogP contribution in [-0.4, -0.2) is 44.0 Å². The first-order valence-corrected chi connectivity index (χ1v) is 10.4. The molecule has 0 unspecified atom stereocenters. The first-order chi connectivity index (χ1) is 14.7. The molecule has 2 aromatic carbocycles. The van der Waals surface area contributed by atoms with E-state index in [4.69, 9.17) is 23.7 Å². The van der Waals surface area contributed by atoms with Crippen LogP contribution in [0.1, 0.15) is 41.6 Å². The van der Waals surface area contributed by atoms with E-state index in [0.717, 1.165) is 42.7 Å². The van der Waals surface area contributed by atoms with Gasteiger partial charge in [-0.3, -0.25) is 4.79 Å². The van der Waals surface area contributed by atoms with E-state index in [1.54, 1.807) is 19.2 Å². The average molecular weight is 411 g/mol. The summed E-state index contributed by atoms with van der Waals surface area (Å²) >= 11 is 0. The predicted molar refractivity (Wildman–Crippen MR) is 109 cm³/mol. The van der Waals surface area contributed by atoms with Gasteiger partial charge in [0, 0.05) is 18.2 Å². The normalized spacial score (nSPS) is 17.1. The van der Waals surface area contributed by atoms with Gasteiger partial charge in [0.15, 0.2) is 23.0 Å². The van der Waals surface area contributed by atoms with E-state index in [-0.39, 0.29) is 18.7 Å². The van der Waals surface area contributed by atoms with Crippen LogP contribution in [0.25, 0.3) is 0 Å². The first kappa shape index (κ1) is 18.9. The van der Waals surface area contributed by atoms with Crippen molar-refractivity contribution in [2.75, 3.05) is 27.1 Å². The molecule has 0 saturated heterocycles. The average Bonchev–Trinajstić information content (AvgIpc) is 3.48. The maximum atomic E-state index is 13.6. The second-order valence-corrected chi connectivity index (χ2v) is 7.76. The summed E-state index contributed by atoms with van der Waals surface area (Å²) in [6, 6.07) is 9.58. The van der Waals surface area contributed by atoms with Crippen LogP contribution in [0.3, 0.4) is 0 Å². The number of rotatable bonds is 5. The van der Waals surface area contributed by atoms with Crippen LogP contribution in [0.2, 0.25) is 0 Å². The molecule has 2 aromatic rings. The fraction of sp³-hybridized carbons (Fsp3) is 0.435. The highest BCUT2D eigenvalue weighted by Crippen LogP contribution is 2.41. The summed E-state index contributed by atoms with van der Waals surface area (Å²) in [5, 5.41) is 0. The van der Waals surface area contributed by atoms with Gasteiger partial charge >= 0.3 is 0 Å². The minimum atomic E-state index is -0.0326. The number of carbonyl (C=O) groups is 1. The zero-order valence-electron chi connectivity index (χ0n) is 17.0. The number of amides is 1. The number of hydrogen-bond donors (Lipinski definition) is 0. The van der Waals surface area contributed by atoms with Crippen molar-refractivity contribution in [3.8, 4) is 28.7 Å². The Bertz CT molecular complexity index is 936. The molecule has 0 atom stereocenters. The Hall–Kier alpha value is -3.09. The van der Waals surface area contributed by atoms with Gasteiger partial charge in [0.2, 0.25) is 12.5 Å². The molecule has 2 aliphatic heterocycles. The van der Waals surface area contributed by atoms with Crippen LogP contribution in [0, 0.1) is 0 Å². The molecule has 7 heteroatoms. The lowest BCUT2D eigenvalue weighted by molar-refractivity contribution is 0.0662. The second-order valence-electron chi connectivity index (χ2n) is 7.76. The van der Waals surface area contributed by atoms with Crippen LogP contribution >= 0.6 is 0 Å². The minimum absolute atomic E-state index is 0.0326. The Labute approximate surface area is 175 Å². The molecule has 0 bridgehead atoms. The highest BCUT2D eigenvalue weighted by Gasteiger charge is 2.30. The van der Waals surface area contributed by atoms with Crippen molar-refractivity contribution in [1.29, 1.82) is 0 Å². The van der Waals surface area contributed by atoms with Gasteiger partial charge in [0.05, 0.1) is 7.11 Å². The van der Waals surface area contributed by atoms with Crippen molar-refractivity contribution in [2.24, 2.45) is 0 Å². The third-order valence-corrected chi connectivity index (χ3v) is 5.89. The zero-order chi connectivity index (χ0) is 20.5. The third-order valence-electron chi connectivity index (χ3n) is 5.89. The van der Waals surface area contributed by atoms with E-state index in [1.807, 2.05) is 23.1 Å². The molecule has 2 heterocycles. The van der Waals surface area contributed by atoms with Crippen molar-refractivity contribution < 1.29 is 28.5 Å². The van der Waals surface area contributed by atoms with Crippen LogP contribution in [0.5, 0.6) is 28.7 Å².